The van der Waals surface area contributed by atoms with Crippen LogP contribution in [0.1, 0.15) is 18.5 Å². The molecule has 0 spiro atoms. The van der Waals surface area contributed by atoms with Gasteiger partial charge in [-0.1, -0.05) is 12.1 Å². The molecule has 2 atom stereocenters. The van der Waals surface area contributed by atoms with Crippen molar-refractivity contribution in [3.05, 3.63) is 29.8 Å². The minimum Gasteiger partial charge on any atom is -0.497 e. The fourth-order valence-electron chi connectivity index (χ4n) is 2.53. The second kappa shape index (κ2) is 6.04. The first-order valence-electron chi connectivity index (χ1n) is 6.46. The number of carbonyl (C=O) groups is 1. The number of carboxylic acids is 1. The number of piperazine rings is 1. The van der Waals surface area contributed by atoms with Crippen LogP contribution in [-0.2, 0) is 4.79 Å². The molecule has 1 aliphatic heterocycles. The van der Waals surface area contributed by atoms with Gasteiger partial charge in [0.2, 0.25) is 0 Å². The maximum absolute atomic E-state index is 11.6. The molecule has 1 aromatic rings. The lowest BCUT2D eigenvalue weighted by molar-refractivity contribution is -0.145. The van der Waals surface area contributed by atoms with Gasteiger partial charge >= 0.3 is 5.97 Å². The Labute approximate surface area is 113 Å². The van der Waals surface area contributed by atoms with Crippen LogP contribution in [-0.4, -0.2) is 48.8 Å². The number of aliphatic carboxylic acids is 1. The zero-order valence-electron chi connectivity index (χ0n) is 11.3. The SMILES string of the molecule is COc1cccc(C(C(=O)O)N2CCNCC2C)c1. The highest BCUT2D eigenvalue weighted by Gasteiger charge is 2.32. The van der Waals surface area contributed by atoms with E-state index in [1.165, 1.54) is 0 Å². The lowest BCUT2D eigenvalue weighted by Gasteiger charge is -2.38. The molecule has 5 heteroatoms. The molecule has 1 fully saturated rings. The van der Waals surface area contributed by atoms with Crippen LogP contribution in [0.2, 0.25) is 0 Å². The first kappa shape index (κ1) is 13.8. The van der Waals surface area contributed by atoms with Gasteiger partial charge in [0.15, 0.2) is 0 Å². The van der Waals surface area contributed by atoms with E-state index in [1.807, 2.05) is 30.0 Å². The summed E-state index contributed by atoms with van der Waals surface area (Å²) in [7, 11) is 1.59. The van der Waals surface area contributed by atoms with Crippen molar-refractivity contribution in [3.8, 4) is 5.75 Å². The highest BCUT2D eigenvalue weighted by atomic mass is 16.5. The quantitative estimate of drug-likeness (QED) is 0.853. The number of nitrogens with zero attached hydrogens (tertiary/aromatic N) is 1. The molecule has 2 unspecified atom stereocenters. The molecule has 1 saturated heterocycles. The smallest absolute Gasteiger partial charge is 0.325 e. The molecule has 1 aromatic carbocycles. The van der Waals surface area contributed by atoms with Crippen LogP contribution in [0.5, 0.6) is 5.75 Å². The molecule has 2 N–H and O–H groups in total. The van der Waals surface area contributed by atoms with Gasteiger partial charge in [-0.05, 0) is 24.6 Å². The number of ether oxygens (including phenoxy) is 1. The third-order valence-electron chi connectivity index (χ3n) is 3.53. The third-order valence-corrected chi connectivity index (χ3v) is 3.53. The Kier molecular flexibility index (Phi) is 4.39. The summed E-state index contributed by atoms with van der Waals surface area (Å²) in [5.41, 5.74) is 0.764. The standard InChI is InChI=1S/C14H20N2O3/c1-10-9-15-6-7-16(10)13(14(17)18)11-4-3-5-12(8-11)19-2/h3-5,8,10,13,15H,6-7,9H2,1-2H3,(H,17,18). The summed E-state index contributed by atoms with van der Waals surface area (Å²) in [4.78, 5) is 13.7. The van der Waals surface area contributed by atoms with Crippen LogP contribution in [0.25, 0.3) is 0 Å². The highest BCUT2D eigenvalue weighted by molar-refractivity contribution is 5.75. The van der Waals surface area contributed by atoms with E-state index in [9.17, 15) is 9.90 Å². The Morgan fingerprint density at radius 1 is 1.58 bits per heavy atom. The van der Waals surface area contributed by atoms with E-state index >= 15 is 0 Å². The molecule has 1 heterocycles. The van der Waals surface area contributed by atoms with Gasteiger partial charge in [0, 0.05) is 25.7 Å². The molecule has 0 amide bonds. The topological polar surface area (TPSA) is 61.8 Å². The average molecular weight is 264 g/mol. The fourth-order valence-corrected chi connectivity index (χ4v) is 2.53. The summed E-state index contributed by atoms with van der Waals surface area (Å²) < 4.78 is 5.18. The van der Waals surface area contributed by atoms with Crippen LogP contribution < -0.4 is 10.1 Å². The number of hydrogen-bond donors (Lipinski definition) is 2. The fraction of sp³-hybridized carbons (Fsp3) is 0.500. The number of methoxy groups -OCH3 is 1. The second-order valence-corrected chi connectivity index (χ2v) is 4.81. The van der Waals surface area contributed by atoms with E-state index in [-0.39, 0.29) is 6.04 Å². The van der Waals surface area contributed by atoms with E-state index < -0.39 is 12.0 Å². The number of benzene rings is 1. The third kappa shape index (κ3) is 3.05. The van der Waals surface area contributed by atoms with Crippen molar-refractivity contribution in [2.45, 2.75) is 19.0 Å². The van der Waals surface area contributed by atoms with Crippen LogP contribution in [0.4, 0.5) is 0 Å². The first-order valence-corrected chi connectivity index (χ1v) is 6.46. The Morgan fingerprint density at radius 3 is 3.00 bits per heavy atom. The number of carboxylic acid groups (broad SMARTS) is 1. The van der Waals surface area contributed by atoms with Gasteiger partial charge in [0.1, 0.15) is 11.8 Å². The zero-order chi connectivity index (χ0) is 13.8. The van der Waals surface area contributed by atoms with Gasteiger partial charge in [-0.25, -0.2) is 0 Å². The number of hydrogen-bond acceptors (Lipinski definition) is 4. The minimum absolute atomic E-state index is 0.195. The monoisotopic (exact) mass is 264 g/mol. The molecule has 19 heavy (non-hydrogen) atoms. The van der Waals surface area contributed by atoms with E-state index in [0.717, 1.165) is 25.2 Å². The van der Waals surface area contributed by atoms with E-state index in [1.54, 1.807) is 13.2 Å². The Balaban J connectivity index is 2.30. The number of nitrogens with one attached hydrogen (secondary N) is 1. The van der Waals surface area contributed by atoms with Gasteiger partial charge in [-0.3, -0.25) is 9.69 Å². The van der Waals surface area contributed by atoms with E-state index in [2.05, 4.69) is 5.32 Å². The van der Waals surface area contributed by atoms with Crippen molar-refractivity contribution in [2.24, 2.45) is 0 Å². The minimum atomic E-state index is -0.818. The first-order chi connectivity index (χ1) is 9.13. The predicted molar refractivity (Wildman–Crippen MR) is 72.4 cm³/mol. The van der Waals surface area contributed by atoms with Crippen molar-refractivity contribution in [3.63, 3.8) is 0 Å². The lowest BCUT2D eigenvalue weighted by atomic mass is 10.0. The number of rotatable bonds is 4. The van der Waals surface area contributed by atoms with Gasteiger partial charge in [-0.2, -0.15) is 0 Å². The molecule has 2 rings (SSSR count). The summed E-state index contributed by atoms with van der Waals surface area (Å²) in [5.74, 6) is -0.131. The van der Waals surface area contributed by atoms with Crippen molar-refractivity contribution < 1.29 is 14.6 Å². The van der Waals surface area contributed by atoms with Crippen molar-refractivity contribution in [1.82, 2.24) is 10.2 Å². The average Bonchev–Trinajstić information content (AvgIpc) is 2.41. The van der Waals surface area contributed by atoms with Gasteiger partial charge in [-0.15, -0.1) is 0 Å². The zero-order valence-corrected chi connectivity index (χ0v) is 11.3. The van der Waals surface area contributed by atoms with Crippen LogP contribution in [0.15, 0.2) is 24.3 Å². The highest BCUT2D eigenvalue weighted by Crippen LogP contribution is 2.26. The maximum atomic E-state index is 11.6. The molecule has 0 saturated carbocycles. The summed E-state index contributed by atoms with van der Waals surface area (Å²) in [6.45, 7) is 4.41. The molecule has 0 bridgehead atoms. The predicted octanol–water partition coefficient (Wildman–Crippen LogP) is 1.11. The van der Waals surface area contributed by atoms with Gasteiger partial charge in [0.05, 0.1) is 7.11 Å². The lowest BCUT2D eigenvalue weighted by Crippen LogP contribution is -2.52. The summed E-state index contributed by atoms with van der Waals surface area (Å²) in [5, 5.41) is 12.8. The van der Waals surface area contributed by atoms with Crippen molar-refractivity contribution in [1.29, 1.82) is 0 Å². The molecule has 0 aliphatic carbocycles. The molecule has 1 aliphatic rings. The molecule has 0 aromatic heterocycles. The maximum Gasteiger partial charge on any atom is 0.325 e. The summed E-state index contributed by atoms with van der Waals surface area (Å²) >= 11 is 0. The van der Waals surface area contributed by atoms with Crippen molar-refractivity contribution in [2.75, 3.05) is 26.7 Å². The second-order valence-electron chi connectivity index (χ2n) is 4.81. The van der Waals surface area contributed by atoms with Crippen LogP contribution in [0.3, 0.4) is 0 Å². The molecule has 104 valence electrons. The molecular weight excluding hydrogens is 244 g/mol. The molecule has 5 nitrogen and oxygen atoms in total. The van der Waals surface area contributed by atoms with E-state index in [4.69, 9.17) is 4.74 Å². The molecular formula is C14H20N2O3. The Hall–Kier alpha value is -1.59. The summed E-state index contributed by atoms with van der Waals surface area (Å²) in [6, 6.07) is 6.87. The largest absolute Gasteiger partial charge is 0.497 e. The molecule has 0 radical (unpaired) electrons. The van der Waals surface area contributed by atoms with E-state index in [0.29, 0.717) is 5.75 Å². The van der Waals surface area contributed by atoms with Crippen molar-refractivity contribution >= 4 is 5.97 Å². The summed E-state index contributed by atoms with van der Waals surface area (Å²) in [6.07, 6.45) is 0. The Morgan fingerprint density at radius 2 is 2.37 bits per heavy atom. The van der Waals surface area contributed by atoms with Crippen LogP contribution in [0, 0.1) is 0 Å². The normalized spacial score (nSPS) is 21.9. The van der Waals surface area contributed by atoms with Gasteiger partial charge < -0.3 is 15.2 Å². The van der Waals surface area contributed by atoms with Gasteiger partial charge in [0.25, 0.3) is 0 Å². The van der Waals surface area contributed by atoms with Crippen LogP contribution >= 0.6 is 0 Å². The Bertz CT molecular complexity index is 450.